The molecule has 0 radical (unpaired) electrons. The first-order valence-corrected chi connectivity index (χ1v) is 7.20. The molecule has 1 unspecified atom stereocenters. The van der Waals surface area contributed by atoms with Crippen molar-refractivity contribution in [3.63, 3.8) is 0 Å². The van der Waals surface area contributed by atoms with Crippen molar-refractivity contribution in [3.8, 4) is 11.1 Å². The zero-order valence-electron chi connectivity index (χ0n) is 12.1. The standard InChI is InChI=1S/C16H19N3O2/c1-19-8-2-3-15(19)16(20)17-9-12-4-6-13(7-5-12)14-10-18-21-11-14/h4-7,10-11,15H,2-3,8-9H2,1H3,(H,17,20). The average Bonchev–Trinajstić information content (AvgIpc) is 3.16. The Morgan fingerprint density at radius 1 is 1.38 bits per heavy atom. The molecule has 0 aliphatic carbocycles. The Hall–Kier alpha value is -2.14. The van der Waals surface area contributed by atoms with E-state index in [4.69, 9.17) is 4.52 Å². The SMILES string of the molecule is CN1CCCC1C(=O)NCc1ccc(-c2cnoc2)cc1. The number of rotatable bonds is 4. The van der Waals surface area contributed by atoms with Gasteiger partial charge >= 0.3 is 0 Å². The first kappa shape index (κ1) is 13.8. The highest BCUT2D eigenvalue weighted by atomic mass is 16.5. The maximum absolute atomic E-state index is 12.1. The van der Waals surface area contributed by atoms with Crippen molar-refractivity contribution in [2.45, 2.75) is 25.4 Å². The fourth-order valence-corrected chi connectivity index (χ4v) is 2.71. The lowest BCUT2D eigenvalue weighted by Crippen LogP contribution is -2.41. The van der Waals surface area contributed by atoms with E-state index in [0.717, 1.165) is 36.1 Å². The second-order valence-corrected chi connectivity index (χ2v) is 5.47. The Labute approximate surface area is 123 Å². The molecular formula is C16H19N3O2. The van der Waals surface area contributed by atoms with Gasteiger partial charge in [-0.25, -0.2) is 0 Å². The van der Waals surface area contributed by atoms with Gasteiger partial charge in [0.25, 0.3) is 0 Å². The van der Waals surface area contributed by atoms with Crippen molar-refractivity contribution >= 4 is 5.91 Å². The Balaban J connectivity index is 1.57. The topological polar surface area (TPSA) is 58.4 Å². The van der Waals surface area contributed by atoms with Crippen LogP contribution in [0.25, 0.3) is 11.1 Å². The van der Waals surface area contributed by atoms with Crippen molar-refractivity contribution in [2.75, 3.05) is 13.6 Å². The molecule has 2 heterocycles. The first-order valence-electron chi connectivity index (χ1n) is 7.20. The summed E-state index contributed by atoms with van der Waals surface area (Å²) < 4.78 is 4.83. The van der Waals surface area contributed by atoms with Gasteiger partial charge in [-0.15, -0.1) is 0 Å². The predicted molar refractivity (Wildman–Crippen MR) is 79.4 cm³/mol. The minimum absolute atomic E-state index is 0.0290. The molecule has 2 aromatic rings. The van der Waals surface area contributed by atoms with Gasteiger partial charge in [0, 0.05) is 12.1 Å². The van der Waals surface area contributed by atoms with Crippen LogP contribution in [0.5, 0.6) is 0 Å². The van der Waals surface area contributed by atoms with Crippen LogP contribution in [0.15, 0.2) is 41.2 Å². The number of carbonyl (C=O) groups excluding carboxylic acids is 1. The van der Waals surface area contributed by atoms with Gasteiger partial charge in [-0.2, -0.15) is 0 Å². The number of nitrogens with one attached hydrogen (secondary N) is 1. The highest BCUT2D eigenvalue weighted by molar-refractivity contribution is 5.82. The molecule has 5 nitrogen and oxygen atoms in total. The third-order valence-corrected chi connectivity index (χ3v) is 4.01. The lowest BCUT2D eigenvalue weighted by molar-refractivity contribution is -0.125. The van der Waals surface area contributed by atoms with Gasteiger partial charge in [0.1, 0.15) is 6.26 Å². The van der Waals surface area contributed by atoms with E-state index in [2.05, 4.69) is 15.4 Å². The van der Waals surface area contributed by atoms with Crippen molar-refractivity contribution in [3.05, 3.63) is 42.3 Å². The van der Waals surface area contributed by atoms with E-state index < -0.39 is 0 Å². The summed E-state index contributed by atoms with van der Waals surface area (Å²) in [5, 5.41) is 6.71. The highest BCUT2D eigenvalue weighted by Gasteiger charge is 2.27. The van der Waals surface area contributed by atoms with Gasteiger partial charge < -0.3 is 9.84 Å². The van der Waals surface area contributed by atoms with Gasteiger partial charge in [-0.3, -0.25) is 9.69 Å². The summed E-state index contributed by atoms with van der Waals surface area (Å²) in [5.74, 6) is 0.123. The zero-order valence-corrected chi connectivity index (χ0v) is 12.1. The number of likely N-dealkylation sites (N-methyl/N-ethyl adjacent to an activating group) is 1. The summed E-state index contributed by atoms with van der Waals surface area (Å²) in [6.07, 6.45) is 5.36. The molecule has 1 fully saturated rings. The lowest BCUT2D eigenvalue weighted by Gasteiger charge is -2.18. The Morgan fingerprint density at radius 3 is 2.81 bits per heavy atom. The van der Waals surface area contributed by atoms with Crippen molar-refractivity contribution in [1.82, 2.24) is 15.4 Å². The van der Waals surface area contributed by atoms with Crippen LogP contribution in [0.3, 0.4) is 0 Å². The maximum Gasteiger partial charge on any atom is 0.237 e. The van der Waals surface area contributed by atoms with E-state index in [1.807, 2.05) is 31.3 Å². The summed E-state index contributed by atoms with van der Waals surface area (Å²) in [5.41, 5.74) is 3.10. The van der Waals surface area contributed by atoms with Crippen LogP contribution < -0.4 is 5.32 Å². The van der Waals surface area contributed by atoms with Crippen LogP contribution in [-0.4, -0.2) is 35.6 Å². The van der Waals surface area contributed by atoms with Gasteiger partial charge in [-0.05, 0) is 37.6 Å². The minimum Gasteiger partial charge on any atom is -0.364 e. The molecule has 1 aromatic heterocycles. The second kappa shape index (κ2) is 6.10. The zero-order chi connectivity index (χ0) is 14.7. The smallest absolute Gasteiger partial charge is 0.237 e. The molecule has 1 saturated heterocycles. The summed E-state index contributed by atoms with van der Waals surface area (Å²) in [6.45, 7) is 1.57. The van der Waals surface area contributed by atoms with E-state index in [-0.39, 0.29) is 11.9 Å². The Kier molecular flexibility index (Phi) is 4.01. The number of hydrogen-bond donors (Lipinski definition) is 1. The monoisotopic (exact) mass is 285 g/mol. The van der Waals surface area contributed by atoms with Gasteiger partial charge in [-0.1, -0.05) is 29.4 Å². The van der Waals surface area contributed by atoms with Crippen LogP contribution >= 0.6 is 0 Å². The lowest BCUT2D eigenvalue weighted by atomic mass is 10.1. The van der Waals surface area contributed by atoms with E-state index in [1.54, 1.807) is 12.5 Å². The van der Waals surface area contributed by atoms with E-state index in [1.165, 1.54) is 0 Å². The van der Waals surface area contributed by atoms with Crippen LogP contribution in [0.4, 0.5) is 0 Å². The van der Waals surface area contributed by atoms with Crippen molar-refractivity contribution < 1.29 is 9.32 Å². The third kappa shape index (κ3) is 3.13. The van der Waals surface area contributed by atoms with Crippen LogP contribution in [-0.2, 0) is 11.3 Å². The summed E-state index contributed by atoms with van der Waals surface area (Å²) in [4.78, 5) is 14.2. The van der Waals surface area contributed by atoms with Crippen LogP contribution in [0.2, 0.25) is 0 Å². The van der Waals surface area contributed by atoms with Crippen LogP contribution in [0, 0.1) is 0 Å². The molecule has 110 valence electrons. The first-order chi connectivity index (χ1) is 10.2. The number of aromatic nitrogens is 1. The van der Waals surface area contributed by atoms with E-state index >= 15 is 0 Å². The molecule has 1 amide bonds. The number of hydrogen-bond acceptors (Lipinski definition) is 4. The van der Waals surface area contributed by atoms with E-state index in [0.29, 0.717) is 6.54 Å². The largest absolute Gasteiger partial charge is 0.364 e. The summed E-state index contributed by atoms with van der Waals surface area (Å²) in [7, 11) is 2.00. The Morgan fingerprint density at radius 2 is 2.19 bits per heavy atom. The summed E-state index contributed by atoms with van der Waals surface area (Å²) in [6, 6.07) is 8.08. The fraction of sp³-hybridized carbons (Fsp3) is 0.375. The quantitative estimate of drug-likeness (QED) is 0.934. The van der Waals surface area contributed by atoms with Gasteiger partial charge in [0.2, 0.25) is 5.91 Å². The molecule has 0 bridgehead atoms. The number of carbonyl (C=O) groups is 1. The number of likely N-dealkylation sites (tertiary alicyclic amines) is 1. The van der Waals surface area contributed by atoms with Gasteiger partial charge in [0.15, 0.2) is 0 Å². The van der Waals surface area contributed by atoms with Crippen LogP contribution in [0.1, 0.15) is 18.4 Å². The molecule has 1 N–H and O–H groups in total. The number of amides is 1. The van der Waals surface area contributed by atoms with Crippen molar-refractivity contribution in [1.29, 1.82) is 0 Å². The normalized spacial score (nSPS) is 18.8. The molecule has 1 aliphatic rings. The molecule has 1 atom stereocenters. The fourth-order valence-electron chi connectivity index (χ4n) is 2.71. The van der Waals surface area contributed by atoms with Gasteiger partial charge in [0.05, 0.1) is 12.2 Å². The molecule has 0 saturated carbocycles. The second-order valence-electron chi connectivity index (χ2n) is 5.47. The minimum atomic E-state index is 0.0290. The molecule has 5 heteroatoms. The average molecular weight is 285 g/mol. The van der Waals surface area contributed by atoms with E-state index in [9.17, 15) is 4.79 Å². The molecule has 0 spiro atoms. The Bertz CT molecular complexity index is 592. The third-order valence-electron chi connectivity index (χ3n) is 4.01. The molecule has 1 aliphatic heterocycles. The number of nitrogens with zero attached hydrogens (tertiary/aromatic N) is 2. The maximum atomic E-state index is 12.1. The molecule has 3 rings (SSSR count). The predicted octanol–water partition coefficient (Wildman–Crippen LogP) is 2.05. The highest BCUT2D eigenvalue weighted by Crippen LogP contribution is 2.19. The molecule has 1 aromatic carbocycles. The number of benzene rings is 1. The molecular weight excluding hydrogens is 266 g/mol. The molecule has 21 heavy (non-hydrogen) atoms. The van der Waals surface area contributed by atoms with Crippen molar-refractivity contribution in [2.24, 2.45) is 0 Å². The summed E-state index contributed by atoms with van der Waals surface area (Å²) >= 11 is 0.